The van der Waals surface area contributed by atoms with E-state index in [1.54, 1.807) is 4.90 Å². The quantitative estimate of drug-likeness (QED) is 0.878. The van der Waals surface area contributed by atoms with Crippen LogP contribution in [0.5, 0.6) is 0 Å². The summed E-state index contributed by atoms with van der Waals surface area (Å²) in [7, 11) is 0. The molecule has 1 N–H and O–H groups in total. The minimum absolute atomic E-state index is 0.0129. The van der Waals surface area contributed by atoms with Gasteiger partial charge in [-0.2, -0.15) is 0 Å². The Kier molecular flexibility index (Phi) is 5.22. The molecule has 1 fully saturated rings. The van der Waals surface area contributed by atoms with Crippen molar-refractivity contribution in [2.75, 3.05) is 0 Å². The lowest BCUT2D eigenvalue weighted by atomic mass is 9.86. The Morgan fingerprint density at radius 3 is 2.27 bits per heavy atom. The maximum Gasteiger partial charge on any atom is 0.249 e. The van der Waals surface area contributed by atoms with Gasteiger partial charge >= 0.3 is 0 Å². The summed E-state index contributed by atoms with van der Waals surface area (Å²) in [5, 5.41) is 3.00. The fraction of sp³-hybridized carbons (Fsp3) is 0.556. The molecule has 0 bridgehead atoms. The molecule has 4 heteroatoms. The minimum atomic E-state index is -0.740. The van der Waals surface area contributed by atoms with Gasteiger partial charge in [-0.1, -0.05) is 57.5 Å². The van der Waals surface area contributed by atoms with Crippen LogP contribution in [0.15, 0.2) is 30.3 Å². The molecule has 0 aliphatic carbocycles. The van der Waals surface area contributed by atoms with Crippen molar-refractivity contribution in [2.24, 2.45) is 0 Å². The van der Waals surface area contributed by atoms with E-state index < -0.39 is 5.54 Å². The lowest BCUT2D eigenvalue weighted by Gasteiger charge is -2.45. The van der Waals surface area contributed by atoms with E-state index in [9.17, 15) is 9.59 Å². The number of hydrogen-bond acceptors (Lipinski definition) is 2. The second-order valence-corrected chi connectivity index (χ2v) is 6.00. The SMILES string of the molecule is CCCC1C(=O)NC(CC)(CC)C(=O)N1Cc1ccccc1. The van der Waals surface area contributed by atoms with Crippen molar-refractivity contribution >= 4 is 11.8 Å². The van der Waals surface area contributed by atoms with Crippen LogP contribution in [0.25, 0.3) is 0 Å². The van der Waals surface area contributed by atoms with Gasteiger partial charge in [0.25, 0.3) is 0 Å². The van der Waals surface area contributed by atoms with Crippen LogP contribution in [0.2, 0.25) is 0 Å². The molecular formula is C18H26N2O2. The molecule has 1 aromatic carbocycles. The first kappa shape index (κ1) is 16.5. The number of rotatable bonds is 6. The van der Waals surface area contributed by atoms with Crippen LogP contribution in [0.4, 0.5) is 0 Å². The molecule has 1 saturated heterocycles. The number of nitrogens with zero attached hydrogens (tertiary/aromatic N) is 1. The summed E-state index contributed by atoms with van der Waals surface area (Å²) in [4.78, 5) is 27.4. The normalized spacial score (nSPS) is 20.9. The van der Waals surface area contributed by atoms with E-state index >= 15 is 0 Å². The van der Waals surface area contributed by atoms with Crippen molar-refractivity contribution in [3.63, 3.8) is 0 Å². The Labute approximate surface area is 132 Å². The molecule has 4 nitrogen and oxygen atoms in total. The minimum Gasteiger partial charge on any atom is -0.340 e. The van der Waals surface area contributed by atoms with Gasteiger partial charge in [-0.3, -0.25) is 9.59 Å². The summed E-state index contributed by atoms with van der Waals surface area (Å²) in [6, 6.07) is 9.53. The third kappa shape index (κ3) is 3.01. The van der Waals surface area contributed by atoms with Crippen molar-refractivity contribution in [3.05, 3.63) is 35.9 Å². The molecule has 1 heterocycles. The smallest absolute Gasteiger partial charge is 0.249 e. The topological polar surface area (TPSA) is 49.4 Å². The monoisotopic (exact) mass is 302 g/mol. The molecule has 1 atom stereocenters. The fourth-order valence-corrected chi connectivity index (χ4v) is 3.18. The van der Waals surface area contributed by atoms with Crippen molar-refractivity contribution in [1.82, 2.24) is 10.2 Å². The summed E-state index contributed by atoms with van der Waals surface area (Å²) in [6.07, 6.45) is 2.83. The summed E-state index contributed by atoms with van der Waals surface area (Å²) in [5.74, 6) is 0.0421. The maximum absolute atomic E-state index is 13.1. The van der Waals surface area contributed by atoms with E-state index in [1.165, 1.54) is 0 Å². The average Bonchev–Trinajstić information content (AvgIpc) is 2.55. The maximum atomic E-state index is 13.1. The predicted molar refractivity (Wildman–Crippen MR) is 87.1 cm³/mol. The second kappa shape index (κ2) is 6.95. The molecule has 120 valence electrons. The summed E-state index contributed by atoms with van der Waals surface area (Å²) in [5.41, 5.74) is 0.323. The van der Waals surface area contributed by atoms with Crippen molar-refractivity contribution in [2.45, 2.75) is 64.6 Å². The average molecular weight is 302 g/mol. The number of piperazine rings is 1. The predicted octanol–water partition coefficient (Wildman–Crippen LogP) is 2.87. The van der Waals surface area contributed by atoms with Crippen molar-refractivity contribution < 1.29 is 9.59 Å². The van der Waals surface area contributed by atoms with Crippen molar-refractivity contribution in [1.29, 1.82) is 0 Å². The summed E-state index contributed by atoms with van der Waals surface area (Å²) in [6.45, 7) is 6.46. The lowest BCUT2D eigenvalue weighted by molar-refractivity contribution is -0.156. The van der Waals surface area contributed by atoms with E-state index in [-0.39, 0.29) is 17.9 Å². The molecule has 22 heavy (non-hydrogen) atoms. The summed E-state index contributed by atoms with van der Waals surface area (Å²) >= 11 is 0. The third-order valence-corrected chi connectivity index (χ3v) is 4.68. The highest BCUT2D eigenvalue weighted by Gasteiger charge is 2.48. The Balaban J connectivity index is 2.33. The standard InChI is InChI=1S/C18H26N2O2/c1-4-10-15-16(21)19-18(5-2,6-3)17(22)20(15)13-14-11-8-7-9-12-14/h7-9,11-12,15H,4-6,10,13H2,1-3H3,(H,19,21). The van der Waals surface area contributed by atoms with Gasteiger partial charge in [0.15, 0.2) is 0 Å². The largest absolute Gasteiger partial charge is 0.340 e. The second-order valence-electron chi connectivity index (χ2n) is 6.00. The highest BCUT2D eigenvalue weighted by molar-refractivity contribution is 5.99. The fourth-order valence-electron chi connectivity index (χ4n) is 3.18. The Bertz CT molecular complexity index is 523. The first-order valence-electron chi connectivity index (χ1n) is 8.25. The molecule has 0 aromatic heterocycles. The van der Waals surface area contributed by atoms with Crippen LogP contribution in [0, 0.1) is 0 Å². The molecule has 0 radical (unpaired) electrons. The molecule has 2 rings (SSSR count). The number of benzene rings is 1. The number of amides is 2. The van der Waals surface area contributed by atoms with Gasteiger partial charge in [0.2, 0.25) is 11.8 Å². The molecule has 0 spiro atoms. The van der Waals surface area contributed by atoms with Crippen LogP contribution in [0.1, 0.15) is 52.0 Å². The first-order valence-corrected chi connectivity index (χ1v) is 8.25. The van der Waals surface area contributed by atoms with Crippen LogP contribution in [-0.4, -0.2) is 28.3 Å². The van der Waals surface area contributed by atoms with Gasteiger partial charge in [-0.25, -0.2) is 0 Å². The van der Waals surface area contributed by atoms with Crippen LogP contribution in [-0.2, 0) is 16.1 Å². The van der Waals surface area contributed by atoms with Crippen LogP contribution in [0.3, 0.4) is 0 Å². The number of carbonyl (C=O) groups is 2. The van der Waals surface area contributed by atoms with Gasteiger partial charge in [-0.05, 0) is 24.8 Å². The Morgan fingerprint density at radius 2 is 1.73 bits per heavy atom. The zero-order chi connectivity index (χ0) is 16.2. The van der Waals surface area contributed by atoms with E-state index in [4.69, 9.17) is 0 Å². The molecule has 0 saturated carbocycles. The van der Waals surface area contributed by atoms with E-state index in [0.29, 0.717) is 25.8 Å². The van der Waals surface area contributed by atoms with Gasteiger partial charge in [-0.15, -0.1) is 0 Å². The Morgan fingerprint density at radius 1 is 1.09 bits per heavy atom. The number of hydrogen-bond donors (Lipinski definition) is 1. The van der Waals surface area contributed by atoms with Gasteiger partial charge < -0.3 is 10.2 Å². The van der Waals surface area contributed by atoms with Crippen molar-refractivity contribution in [3.8, 4) is 0 Å². The molecule has 1 aliphatic rings. The number of carbonyl (C=O) groups excluding carboxylic acids is 2. The molecule has 1 aliphatic heterocycles. The molecule has 1 unspecified atom stereocenters. The first-order chi connectivity index (χ1) is 10.6. The molecular weight excluding hydrogens is 276 g/mol. The molecule has 2 amide bonds. The zero-order valence-corrected chi connectivity index (χ0v) is 13.8. The van der Waals surface area contributed by atoms with Gasteiger partial charge in [0.05, 0.1) is 0 Å². The number of nitrogens with one attached hydrogen (secondary N) is 1. The van der Waals surface area contributed by atoms with E-state index in [2.05, 4.69) is 5.32 Å². The highest BCUT2D eigenvalue weighted by Crippen LogP contribution is 2.28. The lowest BCUT2D eigenvalue weighted by Crippen LogP contribution is -2.69. The van der Waals surface area contributed by atoms with E-state index in [1.807, 2.05) is 51.1 Å². The van der Waals surface area contributed by atoms with E-state index in [0.717, 1.165) is 12.0 Å². The van der Waals surface area contributed by atoms with Crippen LogP contribution < -0.4 is 5.32 Å². The summed E-state index contributed by atoms with van der Waals surface area (Å²) < 4.78 is 0. The molecule has 1 aromatic rings. The third-order valence-electron chi connectivity index (χ3n) is 4.68. The Hall–Kier alpha value is -1.84. The highest BCUT2D eigenvalue weighted by atomic mass is 16.2. The van der Waals surface area contributed by atoms with Crippen LogP contribution >= 0.6 is 0 Å². The zero-order valence-electron chi connectivity index (χ0n) is 13.8. The van der Waals surface area contributed by atoms with Gasteiger partial charge in [0, 0.05) is 6.54 Å². The van der Waals surface area contributed by atoms with Gasteiger partial charge in [0.1, 0.15) is 11.6 Å².